The molecule has 2 atom stereocenters. The summed E-state index contributed by atoms with van der Waals surface area (Å²) in [5.74, 6) is 0.393. The van der Waals surface area contributed by atoms with Crippen molar-refractivity contribution in [2.75, 3.05) is 27.2 Å². The van der Waals surface area contributed by atoms with E-state index in [9.17, 15) is 8.42 Å². The van der Waals surface area contributed by atoms with E-state index < -0.39 is 10.0 Å². The SMILES string of the molecule is CNCc1cc(S(=O)(=O)N2CCC(C)C(OC)C2)c(C)s1. The number of rotatable bonds is 5. The number of aryl methyl sites for hydroxylation is 1. The van der Waals surface area contributed by atoms with Gasteiger partial charge in [0.05, 0.1) is 11.0 Å². The number of piperidine rings is 1. The molecule has 0 spiro atoms. The molecule has 5 nitrogen and oxygen atoms in total. The summed E-state index contributed by atoms with van der Waals surface area (Å²) >= 11 is 1.54. The third kappa shape index (κ3) is 3.48. The van der Waals surface area contributed by atoms with E-state index in [2.05, 4.69) is 12.2 Å². The van der Waals surface area contributed by atoms with E-state index in [1.165, 1.54) is 11.3 Å². The Bertz CT molecular complexity index is 583. The first-order valence-electron chi connectivity index (χ1n) is 7.17. The third-order valence-corrected chi connectivity index (χ3v) is 7.22. The zero-order valence-corrected chi connectivity index (χ0v) is 14.7. The Morgan fingerprint density at radius 2 is 2.24 bits per heavy atom. The molecule has 0 radical (unpaired) electrons. The second-order valence-electron chi connectivity index (χ2n) is 5.57. The Balaban J connectivity index is 2.25. The lowest BCUT2D eigenvalue weighted by Crippen LogP contribution is -2.46. The predicted octanol–water partition coefficient (Wildman–Crippen LogP) is 1.82. The molecule has 0 saturated carbocycles. The summed E-state index contributed by atoms with van der Waals surface area (Å²) in [5, 5.41) is 3.06. The van der Waals surface area contributed by atoms with E-state index >= 15 is 0 Å². The van der Waals surface area contributed by atoms with E-state index in [0.29, 0.717) is 30.4 Å². The van der Waals surface area contributed by atoms with E-state index in [1.807, 2.05) is 14.0 Å². The number of sulfonamides is 1. The summed E-state index contributed by atoms with van der Waals surface area (Å²) in [6.07, 6.45) is 0.814. The molecular formula is C14H24N2O3S2. The van der Waals surface area contributed by atoms with Gasteiger partial charge < -0.3 is 10.1 Å². The van der Waals surface area contributed by atoms with Crippen LogP contribution in [0.1, 0.15) is 23.1 Å². The Kier molecular flexibility index (Phi) is 5.43. The van der Waals surface area contributed by atoms with Crippen molar-refractivity contribution in [1.29, 1.82) is 0 Å². The fourth-order valence-corrected chi connectivity index (χ4v) is 5.79. The second-order valence-corrected chi connectivity index (χ2v) is 8.81. The Morgan fingerprint density at radius 3 is 2.86 bits per heavy atom. The van der Waals surface area contributed by atoms with Crippen molar-refractivity contribution in [2.24, 2.45) is 5.92 Å². The molecule has 1 aromatic rings. The molecular weight excluding hydrogens is 308 g/mol. The molecule has 1 saturated heterocycles. The maximum absolute atomic E-state index is 12.9. The number of methoxy groups -OCH3 is 1. The van der Waals surface area contributed by atoms with Crippen LogP contribution >= 0.6 is 11.3 Å². The van der Waals surface area contributed by atoms with Crippen LogP contribution in [-0.2, 0) is 21.3 Å². The smallest absolute Gasteiger partial charge is 0.244 e. The van der Waals surface area contributed by atoms with Crippen molar-refractivity contribution >= 4 is 21.4 Å². The van der Waals surface area contributed by atoms with Crippen LogP contribution in [0, 0.1) is 12.8 Å². The van der Waals surface area contributed by atoms with Gasteiger partial charge in [-0.05, 0) is 32.4 Å². The van der Waals surface area contributed by atoms with Crippen LogP contribution in [0.15, 0.2) is 11.0 Å². The number of ether oxygens (including phenoxy) is 1. The number of thiophene rings is 1. The maximum Gasteiger partial charge on any atom is 0.244 e. The summed E-state index contributed by atoms with van der Waals surface area (Å²) in [6, 6.07) is 1.80. The number of hydrogen-bond donors (Lipinski definition) is 1. The minimum Gasteiger partial charge on any atom is -0.380 e. The van der Waals surface area contributed by atoms with Gasteiger partial charge in [-0.1, -0.05) is 6.92 Å². The summed E-state index contributed by atoms with van der Waals surface area (Å²) in [5.41, 5.74) is 0. The van der Waals surface area contributed by atoms with Crippen LogP contribution in [-0.4, -0.2) is 46.1 Å². The van der Waals surface area contributed by atoms with Gasteiger partial charge in [0.15, 0.2) is 0 Å². The molecule has 7 heteroatoms. The first-order chi connectivity index (χ1) is 9.90. The van der Waals surface area contributed by atoms with Crippen LogP contribution in [0.4, 0.5) is 0 Å². The summed E-state index contributed by atoms with van der Waals surface area (Å²) < 4.78 is 32.7. The summed E-state index contributed by atoms with van der Waals surface area (Å²) in [7, 11) is 0.0898. The molecule has 1 aromatic heterocycles. The van der Waals surface area contributed by atoms with Crippen molar-refractivity contribution in [3.63, 3.8) is 0 Å². The van der Waals surface area contributed by atoms with E-state index in [4.69, 9.17) is 4.74 Å². The molecule has 2 heterocycles. The van der Waals surface area contributed by atoms with E-state index in [1.54, 1.807) is 17.5 Å². The highest BCUT2D eigenvalue weighted by molar-refractivity contribution is 7.89. The zero-order chi connectivity index (χ0) is 15.6. The lowest BCUT2D eigenvalue weighted by Gasteiger charge is -2.35. The largest absolute Gasteiger partial charge is 0.380 e. The van der Waals surface area contributed by atoms with Crippen molar-refractivity contribution in [2.45, 2.75) is 37.8 Å². The standard InChI is InChI=1S/C14H24N2O3S2/c1-10-5-6-16(9-13(10)19-4)21(17,18)14-7-12(8-15-3)20-11(14)2/h7,10,13,15H,5-6,8-9H2,1-4H3. The van der Waals surface area contributed by atoms with Gasteiger partial charge in [-0.15, -0.1) is 11.3 Å². The van der Waals surface area contributed by atoms with Gasteiger partial charge in [-0.3, -0.25) is 0 Å². The fourth-order valence-electron chi connectivity index (χ4n) is 2.71. The normalized spacial score (nSPS) is 24.4. The summed E-state index contributed by atoms with van der Waals surface area (Å²) in [6.45, 7) is 5.69. The lowest BCUT2D eigenvalue weighted by atomic mass is 9.97. The lowest BCUT2D eigenvalue weighted by molar-refractivity contribution is 0.0184. The summed E-state index contributed by atoms with van der Waals surface area (Å²) in [4.78, 5) is 2.34. The molecule has 1 aliphatic rings. The maximum atomic E-state index is 12.9. The number of nitrogens with one attached hydrogen (secondary N) is 1. The first-order valence-corrected chi connectivity index (χ1v) is 9.42. The monoisotopic (exact) mass is 332 g/mol. The molecule has 2 unspecified atom stereocenters. The van der Waals surface area contributed by atoms with Crippen molar-refractivity contribution < 1.29 is 13.2 Å². The second kappa shape index (κ2) is 6.75. The van der Waals surface area contributed by atoms with Gasteiger partial charge in [-0.2, -0.15) is 4.31 Å². The average molecular weight is 332 g/mol. The van der Waals surface area contributed by atoms with Gasteiger partial charge in [0.1, 0.15) is 0 Å². The van der Waals surface area contributed by atoms with Crippen LogP contribution < -0.4 is 5.32 Å². The van der Waals surface area contributed by atoms with Crippen LogP contribution in [0.5, 0.6) is 0 Å². The molecule has 120 valence electrons. The molecule has 21 heavy (non-hydrogen) atoms. The minimum atomic E-state index is -3.42. The topological polar surface area (TPSA) is 58.6 Å². The third-order valence-electron chi connectivity index (χ3n) is 4.05. The van der Waals surface area contributed by atoms with Gasteiger partial charge in [0.25, 0.3) is 0 Å². The van der Waals surface area contributed by atoms with Gasteiger partial charge in [-0.25, -0.2) is 8.42 Å². The van der Waals surface area contributed by atoms with E-state index in [0.717, 1.165) is 16.2 Å². The quantitative estimate of drug-likeness (QED) is 0.893. The van der Waals surface area contributed by atoms with Crippen molar-refractivity contribution in [3.05, 3.63) is 15.8 Å². The molecule has 0 aliphatic carbocycles. The molecule has 0 amide bonds. The Hall–Kier alpha value is -0.470. The fraction of sp³-hybridized carbons (Fsp3) is 0.714. The average Bonchev–Trinajstić information content (AvgIpc) is 2.81. The highest BCUT2D eigenvalue weighted by Gasteiger charge is 2.35. The number of nitrogens with zero attached hydrogens (tertiary/aromatic N) is 1. The van der Waals surface area contributed by atoms with Crippen LogP contribution in [0.25, 0.3) is 0 Å². The molecule has 0 aromatic carbocycles. The zero-order valence-electron chi connectivity index (χ0n) is 13.0. The minimum absolute atomic E-state index is 0.0238. The highest BCUT2D eigenvalue weighted by Crippen LogP contribution is 2.31. The predicted molar refractivity (Wildman–Crippen MR) is 85.2 cm³/mol. The van der Waals surface area contributed by atoms with Crippen LogP contribution in [0.2, 0.25) is 0 Å². The van der Waals surface area contributed by atoms with Crippen molar-refractivity contribution in [3.8, 4) is 0 Å². The molecule has 1 aliphatic heterocycles. The first kappa shape index (κ1) is 16.9. The van der Waals surface area contributed by atoms with Gasteiger partial charge >= 0.3 is 0 Å². The highest BCUT2D eigenvalue weighted by atomic mass is 32.2. The van der Waals surface area contributed by atoms with E-state index in [-0.39, 0.29) is 6.10 Å². The van der Waals surface area contributed by atoms with Crippen LogP contribution in [0.3, 0.4) is 0 Å². The van der Waals surface area contributed by atoms with Gasteiger partial charge in [0, 0.05) is 36.5 Å². The molecule has 0 bridgehead atoms. The number of hydrogen-bond acceptors (Lipinski definition) is 5. The Labute approximate surface area is 131 Å². The Morgan fingerprint density at radius 1 is 1.52 bits per heavy atom. The van der Waals surface area contributed by atoms with Crippen molar-refractivity contribution in [1.82, 2.24) is 9.62 Å². The van der Waals surface area contributed by atoms with Gasteiger partial charge in [0.2, 0.25) is 10.0 Å². The molecule has 2 rings (SSSR count). The molecule has 1 fully saturated rings. The molecule has 1 N–H and O–H groups in total.